The Morgan fingerprint density at radius 3 is 1.65 bits per heavy atom. The zero-order chi connectivity index (χ0) is 38.4. The molecular weight excluding hydrogens is 681 g/mol. The second-order valence-corrected chi connectivity index (χ2v) is 14.9. The van der Waals surface area contributed by atoms with Crippen LogP contribution < -0.4 is 5.73 Å². The molecule has 0 aromatic heterocycles. The predicted octanol–water partition coefficient (Wildman–Crippen LogP) is 10.1. The van der Waals surface area contributed by atoms with Crippen LogP contribution in [0.2, 0.25) is 0 Å². The van der Waals surface area contributed by atoms with Crippen LogP contribution in [0.15, 0.2) is 48.6 Å². The molecule has 10 nitrogen and oxygen atoms in total. The summed E-state index contributed by atoms with van der Waals surface area (Å²) in [4.78, 5) is 34.7. The lowest BCUT2D eigenvalue weighted by atomic mass is 10.0. The van der Waals surface area contributed by atoms with Crippen molar-refractivity contribution in [3.8, 4) is 0 Å². The minimum absolute atomic E-state index is 0.0387. The van der Waals surface area contributed by atoms with Gasteiger partial charge in [-0.1, -0.05) is 133 Å². The molecule has 0 heterocycles. The summed E-state index contributed by atoms with van der Waals surface area (Å²) in [6.07, 6.45) is 38.5. The Balaban J connectivity index is 4.30. The number of rotatable bonds is 37. The summed E-state index contributed by atoms with van der Waals surface area (Å²) in [6, 6.07) is 0. The Morgan fingerprint density at radius 2 is 1.13 bits per heavy atom. The van der Waals surface area contributed by atoms with Crippen molar-refractivity contribution in [3.05, 3.63) is 48.6 Å². The zero-order valence-corrected chi connectivity index (χ0v) is 33.5. The summed E-state index contributed by atoms with van der Waals surface area (Å²) < 4.78 is 32.6. The van der Waals surface area contributed by atoms with E-state index in [1.165, 1.54) is 64.2 Å². The van der Waals surface area contributed by atoms with E-state index >= 15 is 0 Å². The molecule has 0 saturated carbocycles. The highest BCUT2D eigenvalue weighted by Gasteiger charge is 2.25. The smallest absolute Gasteiger partial charge is 0.462 e. The molecule has 0 aromatic carbocycles. The molecule has 0 aliphatic carbocycles. The number of phosphoric ester groups is 1. The lowest BCUT2D eigenvalue weighted by molar-refractivity contribution is -0.161. The van der Waals surface area contributed by atoms with Gasteiger partial charge >= 0.3 is 19.8 Å². The van der Waals surface area contributed by atoms with Gasteiger partial charge in [-0.15, -0.1) is 0 Å². The first-order chi connectivity index (χ1) is 25.2. The fourth-order valence-electron chi connectivity index (χ4n) is 5.23. The van der Waals surface area contributed by atoms with E-state index in [4.69, 9.17) is 24.3 Å². The Morgan fingerprint density at radius 1 is 0.654 bits per heavy atom. The van der Waals surface area contributed by atoms with Gasteiger partial charge < -0.3 is 25.2 Å². The molecule has 3 atom stereocenters. The summed E-state index contributed by atoms with van der Waals surface area (Å²) in [5.41, 5.74) is 5.33. The van der Waals surface area contributed by atoms with Gasteiger partial charge in [0.25, 0.3) is 0 Å². The average Bonchev–Trinajstić information content (AvgIpc) is 3.11. The molecule has 11 heteroatoms. The maximum atomic E-state index is 12.5. The van der Waals surface area contributed by atoms with Gasteiger partial charge in [-0.2, -0.15) is 0 Å². The van der Waals surface area contributed by atoms with E-state index < -0.39 is 32.5 Å². The second-order valence-electron chi connectivity index (χ2n) is 13.4. The Labute approximate surface area is 316 Å². The highest BCUT2D eigenvalue weighted by Crippen LogP contribution is 2.43. The van der Waals surface area contributed by atoms with Crippen LogP contribution in [0.4, 0.5) is 0 Å². The third kappa shape index (κ3) is 37.7. The summed E-state index contributed by atoms with van der Waals surface area (Å²) in [5, 5.41) is 9.26. The fourth-order valence-corrected chi connectivity index (χ4v) is 6.00. The normalized spacial score (nSPS) is 14.5. The Bertz CT molecular complexity index is 1010. The maximum Gasteiger partial charge on any atom is 0.472 e. The van der Waals surface area contributed by atoms with Crippen molar-refractivity contribution in [2.24, 2.45) is 5.73 Å². The third-order valence-electron chi connectivity index (χ3n) is 8.24. The topological polar surface area (TPSA) is 155 Å². The van der Waals surface area contributed by atoms with Crippen LogP contribution >= 0.6 is 7.82 Å². The fraction of sp³-hybridized carbons (Fsp3) is 0.756. The first kappa shape index (κ1) is 49.9. The van der Waals surface area contributed by atoms with Crippen molar-refractivity contribution in [1.82, 2.24) is 0 Å². The van der Waals surface area contributed by atoms with Crippen molar-refractivity contribution in [2.45, 2.75) is 174 Å². The number of hydrogen-bond donors (Lipinski definition) is 3. The molecule has 0 amide bonds. The molecule has 302 valence electrons. The lowest BCUT2D eigenvalue weighted by Crippen LogP contribution is -2.29. The summed E-state index contributed by atoms with van der Waals surface area (Å²) >= 11 is 0. The molecule has 0 fully saturated rings. The van der Waals surface area contributed by atoms with Crippen LogP contribution in [0, 0.1) is 0 Å². The van der Waals surface area contributed by atoms with E-state index in [0.717, 1.165) is 57.8 Å². The first-order valence-corrected chi connectivity index (χ1v) is 21.6. The number of carbonyl (C=O) groups is 2. The number of carbonyl (C=O) groups excluding carboxylic acids is 2. The SMILES string of the molecule is CCCCCCCCCCCCCCCC(=O)OC[C@H](COP(=O)(O)OCCN)OC(=O)CCC/C=C\C/C=C\C/C=C\C/C=C\CCC[C@H](C)O. The number of aliphatic hydroxyl groups is 1. The summed E-state index contributed by atoms with van der Waals surface area (Å²) in [5.74, 6) is -0.912. The molecule has 0 aliphatic heterocycles. The molecule has 1 unspecified atom stereocenters. The molecule has 52 heavy (non-hydrogen) atoms. The summed E-state index contributed by atoms with van der Waals surface area (Å²) in [6.45, 7) is 3.20. The lowest BCUT2D eigenvalue weighted by Gasteiger charge is -2.19. The molecule has 0 bridgehead atoms. The number of unbranched alkanes of at least 4 members (excludes halogenated alkanes) is 14. The van der Waals surface area contributed by atoms with Crippen molar-refractivity contribution in [1.29, 1.82) is 0 Å². The van der Waals surface area contributed by atoms with E-state index in [0.29, 0.717) is 12.8 Å². The largest absolute Gasteiger partial charge is 0.472 e. The number of hydrogen-bond acceptors (Lipinski definition) is 9. The highest BCUT2D eigenvalue weighted by atomic mass is 31.2. The van der Waals surface area contributed by atoms with Crippen molar-refractivity contribution in [3.63, 3.8) is 0 Å². The molecule has 0 rings (SSSR count). The monoisotopic (exact) mass is 756 g/mol. The van der Waals surface area contributed by atoms with Crippen LogP contribution in [0.25, 0.3) is 0 Å². The molecule has 0 aliphatic rings. The van der Waals surface area contributed by atoms with Crippen molar-refractivity contribution < 1.29 is 42.7 Å². The van der Waals surface area contributed by atoms with Crippen molar-refractivity contribution in [2.75, 3.05) is 26.4 Å². The Kier molecular flexibility index (Phi) is 35.8. The number of allylic oxidation sites excluding steroid dienone is 8. The summed E-state index contributed by atoms with van der Waals surface area (Å²) in [7, 11) is -4.39. The van der Waals surface area contributed by atoms with Gasteiger partial charge in [0.1, 0.15) is 6.61 Å². The van der Waals surface area contributed by atoms with Crippen LogP contribution in [0.1, 0.15) is 162 Å². The van der Waals surface area contributed by atoms with Crippen LogP contribution in [0.3, 0.4) is 0 Å². The number of esters is 2. The van der Waals surface area contributed by atoms with Gasteiger partial charge in [0, 0.05) is 19.4 Å². The molecule has 0 spiro atoms. The third-order valence-corrected chi connectivity index (χ3v) is 9.22. The van der Waals surface area contributed by atoms with Crippen LogP contribution in [-0.2, 0) is 32.7 Å². The highest BCUT2D eigenvalue weighted by molar-refractivity contribution is 7.47. The van der Waals surface area contributed by atoms with Crippen molar-refractivity contribution >= 4 is 19.8 Å². The van der Waals surface area contributed by atoms with Gasteiger partial charge in [-0.25, -0.2) is 4.57 Å². The maximum absolute atomic E-state index is 12.5. The predicted molar refractivity (Wildman–Crippen MR) is 212 cm³/mol. The van der Waals surface area contributed by atoms with Gasteiger partial charge in [0.05, 0.1) is 19.3 Å². The van der Waals surface area contributed by atoms with Crippen LogP contribution in [0.5, 0.6) is 0 Å². The van der Waals surface area contributed by atoms with E-state index in [-0.39, 0.29) is 38.7 Å². The van der Waals surface area contributed by atoms with E-state index in [1.807, 2.05) is 13.0 Å². The molecule has 0 radical (unpaired) electrons. The number of nitrogens with two attached hydrogens (primary N) is 1. The first-order valence-electron chi connectivity index (χ1n) is 20.1. The number of aliphatic hydroxyl groups excluding tert-OH is 1. The van der Waals surface area contributed by atoms with Gasteiger partial charge in [-0.05, 0) is 64.7 Å². The molecular formula is C41H74NO9P. The minimum atomic E-state index is -4.39. The quantitative estimate of drug-likeness (QED) is 0.0241. The number of phosphoric acid groups is 1. The average molecular weight is 756 g/mol. The number of ether oxygens (including phenoxy) is 2. The van der Waals surface area contributed by atoms with Gasteiger partial charge in [-0.3, -0.25) is 18.6 Å². The van der Waals surface area contributed by atoms with E-state index in [2.05, 4.69) is 49.5 Å². The van der Waals surface area contributed by atoms with Gasteiger partial charge in [0.15, 0.2) is 6.10 Å². The Hall–Kier alpha value is -2.07. The van der Waals surface area contributed by atoms with E-state index in [9.17, 15) is 24.2 Å². The zero-order valence-electron chi connectivity index (χ0n) is 32.6. The minimum Gasteiger partial charge on any atom is -0.462 e. The van der Waals surface area contributed by atoms with Crippen LogP contribution in [-0.4, -0.2) is 60.5 Å². The second kappa shape index (κ2) is 37.3. The standard InChI is InChI=1S/C41H74NO9P/c1-3-4-5-6-7-8-9-13-17-20-23-26-29-32-40(44)48-36-39(37-50-52(46,47)49-35-34-42)51-41(45)33-30-27-24-21-18-15-12-10-11-14-16-19-22-25-28-31-38(2)43/h11-12,14-15,19,21-22,24,38-39,43H,3-10,13,16-18,20,23,25-37,42H2,1-2H3,(H,46,47)/b14-11-,15-12-,22-19-,24-21-/t38-,39+/m0/s1. The molecule has 4 N–H and O–H groups in total. The molecule has 0 aromatic rings. The molecule has 0 saturated heterocycles. The van der Waals surface area contributed by atoms with E-state index in [1.54, 1.807) is 0 Å². The van der Waals surface area contributed by atoms with Gasteiger partial charge in [0.2, 0.25) is 0 Å².